The number of allylic oxidation sites excluding steroid dienone is 2. The molecule has 2 nitrogen and oxygen atoms in total. The third-order valence-electron chi connectivity index (χ3n) is 3.54. The van der Waals surface area contributed by atoms with Gasteiger partial charge in [0.2, 0.25) is 0 Å². The predicted molar refractivity (Wildman–Crippen MR) is 98.2 cm³/mol. The van der Waals surface area contributed by atoms with Crippen LogP contribution in [0.3, 0.4) is 0 Å². The van der Waals surface area contributed by atoms with E-state index >= 15 is 0 Å². The third kappa shape index (κ3) is 9.70. The average molecular weight is 305 g/mol. The summed E-state index contributed by atoms with van der Waals surface area (Å²) >= 11 is 0. The Morgan fingerprint density at radius 1 is 0.955 bits per heavy atom. The van der Waals surface area contributed by atoms with Gasteiger partial charge in [-0.2, -0.15) is 0 Å². The van der Waals surface area contributed by atoms with Crippen molar-refractivity contribution in [3.63, 3.8) is 0 Å². The van der Waals surface area contributed by atoms with Crippen LogP contribution in [0.4, 0.5) is 0 Å². The van der Waals surface area contributed by atoms with Crippen molar-refractivity contribution in [2.75, 3.05) is 0 Å². The van der Waals surface area contributed by atoms with E-state index < -0.39 is 0 Å². The lowest BCUT2D eigenvalue weighted by atomic mass is 10.0. The maximum absolute atomic E-state index is 4.54. The summed E-state index contributed by atoms with van der Waals surface area (Å²) in [6.07, 6.45) is 17.0. The molecule has 1 heterocycles. The van der Waals surface area contributed by atoms with E-state index in [4.69, 9.17) is 0 Å². The van der Waals surface area contributed by atoms with E-state index in [1.54, 1.807) is 0 Å². The number of rotatable bonds is 10. The normalized spacial score (nSPS) is 11.0. The molecule has 0 saturated carbocycles. The molecular weight excluding hydrogens is 268 g/mol. The minimum absolute atomic E-state index is 0.925. The minimum Gasteiger partial charge on any atom is -0.241 e. The largest absolute Gasteiger partial charge is 0.241 e. The van der Waals surface area contributed by atoms with Crippen LogP contribution in [0.1, 0.15) is 91.0 Å². The van der Waals surface area contributed by atoms with Gasteiger partial charge in [-0.3, -0.25) is 0 Å². The average Bonchev–Trinajstić information content (AvgIpc) is 2.58. The highest BCUT2D eigenvalue weighted by atomic mass is 14.9. The van der Waals surface area contributed by atoms with Gasteiger partial charge in [0.15, 0.2) is 0 Å². The molecule has 1 aromatic heterocycles. The first-order valence-corrected chi connectivity index (χ1v) is 9.27. The molecule has 1 aromatic rings. The Morgan fingerprint density at radius 2 is 1.59 bits per heavy atom. The van der Waals surface area contributed by atoms with Crippen LogP contribution in [0.15, 0.2) is 24.0 Å². The van der Waals surface area contributed by atoms with Crippen molar-refractivity contribution < 1.29 is 0 Å². The highest BCUT2D eigenvalue weighted by Crippen LogP contribution is 2.14. The molecule has 0 atom stereocenters. The molecule has 0 aliphatic heterocycles. The Labute approximate surface area is 138 Å². The number of aryl methyl sites for hydroxylation is 1. The summed E-state index contributed by atoms with van der Waals surface area (Å²) in [5.41, 5.74) is 2.78. The fourth-order valence-electron chi connectivity index (χ4n) is 2.20. The van der Waals surface area contributed by atoms with Crippen LogP contribution in [-0.2, 0) is 12.8 Å². The molecule has 0 unspecified atom stereocenters. The monoisotopic (exact) mass is 304 g/mol. The summed E-state index contributed by atoms with van der Waals surface area (Å²) in [6.45, 7) is 10.7. The van der Waals surface area contributed by atoms with Gasteiger partial charge in [0.05, 0.1) is 0 Å². The van der Waals surface area contributed by atoms with E-state index in [0.717, 1.165) is 18.7 Å². The second-order valence-electron chi connectivity index (χ2n) is 5.54. The van der Waals surface area contributed by atoms with E-state index in [-0.39, 0.29) is 0 Å². The zero-order valence-electron chi connectivity index (χ0n) is 15.5. The van der Waals surface area contributed by atoms with Gasteiger partial charge in [0, 0.05) is 18.8 Å². The second kappa shape index (κ2) is 14.7. The standard InChI is InChI=1S/C18H30N2.C2H6/c1-4-7-10-16(11-8-5-2)13-18-19-14-17(15-20-18)12-9-6-3;1-2/h10,14-15H,4-9,11-13H2,1-3H3;1-2H3/b16-10+;. The molecular formula is C20H36N2. The van der Waals surface area contributed by atoms with Gasteiger partial charge in [0.1, 0.15) is 5.82 Å². The zero-order valence-corrected chi connectivity index (χ0v) is 15.5. The van der Waals surface area contributed by atoms with Crippen molar-refractivity contribution in [2.45, 2.75) is 92.4 Å². The molecule has 126 valence electrons. The van der Waals surface area contributed by atoms with E-state index in [1.807, 2.05) is 26.2 Å². The Morgan fingerprint density at radius 3 is 2.14 bits per heavy atom. The number of hydrogen-bond acceptors (Lipinski definition) is 2. The highest BCUT2D eigenvalue weighted by molar-refractivity contribution is 5.12. The smallest absolute Gasteiger partial charge is 0.132 e. The molecule has 0 radical (unpaired) electrons. The van der Waals surface area contributed by atoms with Crippen molar-refractivity contribution >= 4 is 0 Å². The van der Waals surface area contributed by atoms with Crippen LogP contribution in [0.5, 0.6) is 0 Å². The molecule has 0 aliphatic carbocycles. The molecule has 0 amide bonds. The number of unbranched alkanes of at least 4 members (excludes halogenated alkanes) is 3. The van der Waals surface area contributed by atoms with E-state index in [1.165, 1.54) is 56.1 Å². The van der Waals surface area contributed by atoms with E-state index in [0.29, 0.717) is 0 Å². The molecule has 2 heteroatoms. The molecule has 0 spiro atoms. The molecule has 0 saturated heterocycles. The van der Waals surface area contributed by atoms with E-state index in [2.05, 4.69) is 36.8 Å². The van der Waals surface area contributed by atoms with Crippen molar-refractivity contribution in [1.29, 1.82) is 0 Å². The van der Waals surface area contributed by atoms with Gasteiger partial charge < -0.3 is 0 Å². The summed E-state index contributed by atoms with van der Waals surface area (Å²) in [5.74, 6) is 0.976. The van der Waals surface area contributed by atoms with Gasteiger partial charge in [-0.15, -0.1) is 0 Å². The fourth-order valence-corrected chi connectivity index (χ4v) is 2.20. The van der Waals surface area contributed by atoms with Gasteiger partial charge in [-0.1, -0.05) is 65.5 Å². The quantitative estimate of drug-likeness (QED) is 0.474. The van der Waals surface area contributed by atoms with E-state index in [9.17, 15) is 0 Å². The summed E-state index contributed by atoms with van der Waals surface area (Å²) in [4.78, 5) is 9.07. The summed E-state index contributed by atoms with van der Waals surface area (Å²) in [7, 11) is 0. The molecule has 1 rings (SSSR count). The second-order valence-corrected chi connectivity index (χ2v) is 5.54. The molecule has 0 fully saturated rings. The zero-order chi connectivity index (χ0) is 16.6. The number of hydrogen-bond donors (Lipinski definition) is 0. The summed E-state index contributed by atoms with van der Waals surface area (Å²) in [6, 6.07) is 0. The van der Waals surface area contributed by atoms with Crippen LogP contribution in [-0.4, -0.2) is 9.97 Å². The first kappa shape index (κ1) is 20.8. The molecule has 0 bridgehead atoms. The fraction of sp³-hybridized carbons (Fsp3) is 0.700. The van der Waals surface area contributed by atoms with Crippen LogP contribution >= 0.6 is 0 Å². The summed E-state index contributed by atoms with van der Waals surface area (Å²) in [5, 5.41) is 0. The van der Waals surface area contributed by atoms with Gasteiger partial charge in [-0.25, -0.2) is 9.97 Å². The first-order valence-electron chi connectivity index (χ1n) is 9.27. The lowest BCUT2D eigenvalue weighted by Crippen LogP contribution is -2.00. The maximum Gasteiger partial charge on any atom is 0.132 e. The lowest BCUT2D eigenvalue weighted by Gasteiger charge is -2.07. The van der Waals surface area contributed by atoms with Crippen LogP contribution in [0.25, 0.3) is 0 Å². The number of nitrogens with zero attached hydrogens (tertiary/aromatic N) is 2. The maximum atomic E-state index is 4.54. The molecule has 0 aromatic carbocycles. The SMILES string of the molecule is CC.CCC/C=C(\CCCC)Cc1ncc(CCCC)cn1. The summed E-state index contributed by atoms with van der Waals surface area (Å²) < 4.78 is 0. The predicted octanol–water partition coefficient (Wildman–Crippen LogP) is 6.30. The Bertz CT molecular complexity index is 379. The highest BCUT2D eigenvalue weighted by Gasteiger charge is 2.03. The molecule has 22 heavy (non-hydrogen) atoms. The Balaban J connectivity index is 0.00000211. The van der Waals surface area contributed by atoms with Crippen molar-refractivity contribution in [1.82, 2.24) is 9.97 Å². The van der Waals surface area contributed by atoms with Crippen LogP contribution in [0, 0.1) is 0 Å². The van der Waals surface area contributed by atoms with Gasteiger partial charge >= 0.3 is 0 Å². The Kier molecular flexibility index (Phi) is 14.0. The topological polar surface area (TPSA) is 25.8 Å². The molecule has 0 N–H and O–H groups in total. The van der Waals surface area contributed by atoms with Crippen LogP contribution in [0.2, 0.25) is 0 Å². The molecule has 0 aliphatic rings. The number of aromatic nitrogens is 2. The lowest BCUT2D eigenvalue weighted by molar-refractivity contribution is 0.748. The van der Waals surface area contributed by atoms with Crippen molar-refractivity contribution in [3.8, 4) is 0 Å². The van der Waals surface area contributed by atoms with Crippen LogP contribution < -0.4 is 0 Å². The van der Waals surface area contributed by atoms with Gasteiger partial charge in [-0.05, 0) is 37.7 Å². The van der Waals surface area contributed by atoms with Crippen molar-refractivity contribution in [2.24, 2.45) is 0 Å². The van der Waals surface area contributed by atoms with Crippen molar-refractivity contribution in [3.05, 3.63) is 35.4 Å². The minimum atomic E-state index is 0.925. The van der Waals surface area contributed by atoms with Gasteiger partial charge in [0.25, 0.3) is 0 Å². The third-order valence-corrected chi connectivity index (χ3v) is 3.54. The first-order chi connectivity index (χ1) is 10.8. The Hall–Kier alpha value is -1.18.